The third-order valence-electron chi connectivity index (χ3n) is 3.71. The van der Waals surface area contributed by atoms with Gasteiger partial charge in [0, 0.05) is 0 Å². The van der Waals surface area contributed by atoms with Gasteiger partial charge in [-0.2, -0.15) is 0 Å². The lowest BCUT2D eigenvalue weighted by Crippen LogP contribution is -2.24. The van der Waals surface area contributed by atoms with Crippen molar-refractivity contribution < 1.29 is 17.9 Å². The van der Waals surface area contributed by atoms with Gasteiger partial charge in [-0.05, 0) is 53.5 Å². The second-order valence-corrected chi connectivity index (χ2v) is 7.53. The molecule has 0 amide bonds. The quantitative estimate of drug-likeness (QED) is 0.846. The van der Waals surface area contributed by atoms with Crippen molar-refractivity contribution in [2.24, 2.45) is 11.1 Å². The van der Waals surface area contributed by atoms with Crippen molar-refractivity contribution in [3.63, 3.8) is 0 Å². The van der Waals surface area contributed by atoms with Gasteiger partial charge < -0.3 is 10.5 Å². The van der Waals surface area contributed by atoms with Crippen LogP contribution in [0.5, 0.6) is 5.75 Å². The van der Waals surface area contributed by atoms with Crippen molar-refractivity contribution in [2.45, 2.75) is 59.2 Å². The van der Waals surface area contributed by atoms with Crippen molar-refractivity contribution in [3.05, 3.63) is 29.3 Å². The molecule has 0 aliphatic rings. The van der Waals surface area contributed by atoms with E-state index in [-0.39, 0.29) is 16.6 Å². The molecule has 0 saturated carbocycles. The van der Waals surface area contributed by atoms with Crippen LogP contribution in [0.25, 0.3) is 0 Å². The minimum atomic E-state index is -4.68. The molecule has 0 heterocycles. The molecule has 0 aromatic heterocycles. The maximum absolute atomic E-state index is 12.5. The summed E-state index contributed by atoms with van der Waals surface area (Å²) < 4.78 is 41.6. The van der Waals surface area contributed by atoms with Crippen LogP contribution in [-0.4, -0.2) is 12.9 Å². The van der Waals surface area contributed by atoms with Crippen LogP contribution < -0.4 is 10.5 Å². The number of hydrogen-bond donors (Lipinski definition) is 1. The highest BCUT2D eigenvalue weighted by Gasteiger charge is 2.31. The fourth-order valence-electron chi connectivity index (χ4n) is 2.02. The van der Waals surface area contributed by atoms with Crippen molar-refractivity contribution in [1.82, 2.24) is 0 Å². The van der Waals surface area contributed by atoms with Crippen LogP contribution in [0, 0.1) is 5.41 Å². The summed E-state index contributed by atoms with van der Waals surface area (Å²) in [7, 11) is 0. The van der Waals surface area contributed by atoms with E-state index in [2.05, 4.69) is 4.74 Å². The van der Waals surface area contributed by atoms with Crippen molar-refractivity contribution in [3.8, 4) is 5.75 Å². The summed E-state index contributed by atoms with van der Waals surface area (Å²) in [5, 5.41) is 0. The Balaban J connectivity index is 3.08. The molecule has 0 aliphatic carbocycles. The third-order valence-corrected chi connectivity index (χ3v) is 3.71. The normalized spacial score (nSPS) is 13.3. The zero-order valence-corrected chi connectivity index (χ0v) is 14.0. The summed E-state index contributed by atoms with van der Waals surface area (Å²) in [5.74, 6) is -0.152. The van der Waals surface area contributed by atoms with Gasteiger partial charge in [-0.3, -0.25) is 0 Å². The van der Waals surface area contributed by atoms with Crippen LogP contribution in [0.1, 0.15) is 52.2 Å². The Kier molecular flexibility index (Phi) is 5.55. The van der Waals surface area contributed by atoms with E-state index in [9.17, 15) is 13.2 Å². The minimum absolute atomic E-state index is 0.0389. The average Bonchev–Trinajstić information content (AvgIpc) is 2.33. The van der Waals surface area contributed by atoms with Gasteiger partial charge >= 0.3 is 6.36 Å². The number of nitrogens with two attached hydrogens (primary N) is 1. The molecular formula is C17H26F3NO. The highest BCUT2D eigenvalue weighted by molar-refractivity contribution is 5.38. The number of hydrogen-bond acceptors (Lipinski definition) is 2. The molecule has 0 saturated heterocycles. The number of aryl methyl sites for hydroxylation is 1. The van der Waals surface area contributed by atoms with Crippen LogP contribution in [0.15, 0.2) is 18.2 Å². The van der Waals surface area contributed by atoms with E-state index in [1.807, 2.05) is 40.7 Å². The molecule has 1 rings (SSSR count). The lowest BCUT2D eigenvalue weighted by molar-refractivity contribution is -0.274. The first-order valence-corrected chi connectivity index (χ1v) is 7.43. The number of ether oxygens (including phenoxy) is 1. The molecule has 0 unspecified atom stereocenters. The van der Waals surface area contributed by atoms with Gasteiger partial charge in [0.2, 0.25) is 0 Å². The van der Waals surface area contributed by atoms with E-state index in [4.69, 9.17) is 5.73 Å². The van der Waals surface area contributed by atoms with E-state index < -0.39 is 6.36 Å². The second kappa shape index (κ2) is 6.49. The van der Waals surface area contributed by atoms with Crippen LogP contribution in [0.2, 0.25) is 0 Å². The van der Waals surface area contributed by atoms with Crippen molar-refractivity contribution in [2.75, 3.05) is 6.54 Å². The molecule has 0 aliphatic heterocycles. The summed E-state index contributed by atoms with van der Waals surface area (Å²) in [4.78, 5) is 0. The van der Waals surface area contributed by atoms with Crippen LogP contribution in [0.4, 0.5) is 13.2 Å². The molecule has 0 fully saturated rings. The van der Waals surface area contributed by atoms with E-state index in [1.165, 1.54) is 12.1 Å². The predicted octanol–water partition coefficient (Wildman–Crippen LogP) is 4.80. The van der Waals surface area contributed by atoms with Gasteiger partial charge in [-0.25, -0.2) is 0 Å². The summed E-state index contributed by atoms with van der Waals surface area (Å²) in [6, 6.07) is 4.89. The second-order valence-electron chi connectivity index (χ2n) is 7.53. The zero-order valence-electron chi connectivity index (χ0n) is 14.0. The molecule has 1 aromatic rings. The Hall–Kier alpha value is -1.23. The summed E-state index contributed by atoms with van der Waals surface area (Å²) in [5.41, 5.74) is 7.09. The Morgan fingerprint density at radius 3 is 2.05 bits per heavy atom. The topological polar surface area (TPSA) is 35.2 Å². The van der Waals surface area contributed by atoms with Crippen molar-refractivity contribution >= 4 is 0 Å². The molecule has 2 nitrogen and oxygen atoms in total. The van der Waals surface area contributed by atoms with Gasteiger partial charge in [0.1, 0.15) is 5.75 Å². The maximum Gasteiger partial charge on any atom is 0.573 e. The molecule has 0 atom stereocenters. The average molecular weight is 317 g/mol. The van der Waals surface area contributed by atoms with E-state index in [0.29, 0.717) is 13.0 Å². The Bertz CT molecular complexity index is 502. The van der Waals surface area contributed by atoms with Crippen LogP contribution in [-0.2, 0) is 11.8 Å². The number of rotatable bonds is 5. The zero-order chi connectivity index (χ0) is 17.2. The molecule has 1 aromatic carbocycles. The maximum atomic E-state index is 12.5. The standard InChI is InChI=1S/C17H26F3NO/c1-15(2,3)13-8-12(6-7-16(4,5)11-21)9-14(10-13)22-17(18,19)20/h8-10H,6-7,11,21H2,1-5H3. The SMILES string of the molecule is CC(C)(CN)CCc1cc(OC(F)(F)F)cc(C(C)(C)C)c1. The molecular weight excluding hydrogens is 291 g/mol. The highest BCUT2D eigenvalue weighted by Crippen LogP contribution is 2.32. The largest absolute Gasteiger partial charge is 0.573 e. The Labute approximate surface area is 130 Å². The first kappa shape index (κ1) is 18.8. The van der Waals surface area contributed by atoms with E-state index in [1.54, 1.807) is 0 Å². The number of alkyl halides is 3. The van der Waals surface area contributed by atoms with Crippen molar-refractivity contribution in [1.29, 1.82) is 0 Å². The lowest BCUT2D eigenvalue weighted by Gasteiger charge is -2.24. The fraction of sp³-hybridized carbons (Fsp3) is 0.647. The highest BCUT2D eigenvalue weighted by atomic mass is 19.4. The minimum Gasteiger partial charge on any atom is -0.406 e. The first-order valence-electron chi connectivity index (χ1n) is 7.43. The lowest BCUT2D eigenvalue weighted by atomic mass is 9.83. The van der Waals surface area contributed by atoms with Crippen LogP contribution >= 0.6 is 0 Å². The van der Waals surface area contributed by atoms with Gasteiger partial charge in [0.15, 0.2) is 0 Å². The summed E-state index contributed by atoms with van der Waals surface area (Å²) in [6.45, 7) is 10.5. The van der Waals surface area contributed by atoms with Gasteiger partial charge in [0.05, 0.1) is 0 Å². The molecule has 0 bridgehead atoms. The Morgan fingerprint density at radius 1 is 1.00 bits per heavy atom. The Morgan fingerprint density at radius 2 is 1.59 bits per heavy atom. The molecule has 0 radical (unpaired) electrons. The molecule has 22 heavy (non-hydrogen) atoms. The van der Waals surface area contributed by atoms with Crippen LogP contribution in [0.3, 0.4) is 0 Å². The molecule has 126 valence electrons. The molecule has 5 heteroatoms. The molecule has 2 N–H and O–H groups in total. The van der Waals surface area contributed by atoms with E-state index in [0.717, 1.165) is 17.5 Å². The molecule has 0 spiro atoms. The third kappa shape index (κ3) is 6.26. The monoisotopic (exact) mass is 317 g/mol. The van der Waals surface area contributed by atoms with Gasteiger partial charge in [-0.1, -0.05) is 40.7 Å². The van der Waals surface area contributed by atoms with Gasteiger partial charge in [0.25, 0.3) is 0 Å². The number of halogens is 3. The number of benzene rings is 1. The fourth-order valence-corrected chi connectivity index (χ4v) is 2.02. The predicted molar refractivity (Wildman–Crippen MR) is 83.0 cm³/mol. The van der Waals surface area contributed by atoms with E-state index >= 15 is 0 Å². The summed E-state index contributed by atoms with van der Waals surface area (Å²) in [6.07, 6.45) is -3.20. The smallest absolute Gasteiger partial charge is 0.406 e. The first-order chi connectivity index (χ1) is 9.82. The van der Waals surface area contributed by atoms with Gasteiger partial charge in [-0.15, -0.1) is 13.2 Å². The summed E-state index contributed by atoms with van der Waals surface area (Å²) >= 11 is 0.